The van der Waals surface area contributed by atoms with Gasteiger partial charge in [0.15, 0.2) is 0 Å². The first-order valence-electron chi connectivity index (χ1n) is 14.1. The van der Waals surface area contributed by atoms with E-state index < -0.39 is 0 Å². The van der Waals surface area contributed by atoms with Crippen LogP contribution in [0, 0.1) is 20.8 Å². The summed E-state index contributed by atoms with van der Waals surface area (Å²) in [6, 6.07) is 0. The van der Waals surface area contributed by atoms with E-state index in [4.69, 9.17) is 0 Å². The molecule has 0 aliphatic rings. The third-order valence-corrected chi connectivity index (χ3v) is 5.56. The van der Waals surface area contributed by atoms with Crippen LogP contribution < -0.4 is 0 Å². The van der Waals surface area contributed by atoms with Crippen LogP contribution in [0.25, 0.3) is 0 Å². The molecule has 0 aromatic rings. The molecule has 0 aromatic heterocycles. The van der Waals surface area contributed by atoms with Crippen molar-refractivity contribution in [2.24, 2.45) is 0 Å². The predicted octanol–water partition coefficient (Wildman–Crippen LogP) is 11.1. The fraction of sp³-hybridized carbons (Fsp3) is 0.900. The molecule has 2 N–H and O–H groups in total. The maximum Gasteiger partial charge on any atom is 3.00 e. The van der Waals surface area contributed by atoms with Crippen molar-refractivity contribution in [2.75, 3.05) is 0 Å². The molecule has 0 bridgehead atoms. The summed E-state index contributed by atoms with van der Waals surface area (Å²) >= 11 is 0. The Bertz CT molecular complexity index is 171. The molecule has 0 aromatic carbocycles. The second kappa shape index (κ2) is 49.0. The average molecular weight is 490 g/mol. The summed E-state index contributed by atoms with van der Waals surface area (Å²) in [5, 5.41) is 0. The molecule has 0 aliphatic carbocycles. The van der Waals surface area contributed by atoms with E-state index in [0.717, 1.165) is 19.3 Å². The van der Waals surface area contributed by atoms with Crippen LogP contribution in [0.1, 0.15) is 175 Å². The van der Waals surface area contributed by atoms with Gasteiger partial charge < -0.3 is 26.2 Å². The van der Waals surface area contributed by atoms with E-state index in [0.29, 0.717) is 0 Å². The van der Waals surface area contributed by atoms with Gasteiger partial charge in [-0.25, -0.2) is 0 Å². The van der Waals surface area contributed by atoms with Crippen molar-refractivity contribution in [3.8, 4) is 0 Å². The van der Waals surface area contributed by atoms with Crippen LogP contribution in [-0.4, -0.2) is 5.48 Å². The molecule has 195 valence electrons. The summed E-state index contributed by atoms with van der Waals surface area (Å²) in [6.45, 7) is 18.2. The molecule has 0 spiro atoms. The molecule has 0 aliphatic heterocycles. The Morgan fingerprint density at radius 2 is 0.469 bits per heavy atom. The zero-order valence-electron chi connectivity index (χ0n) is 23.1. The van der Waals surface area contributed by atoms with Gasteiger partial charge in [0.25, 0.3) is 0 Å². The minimum absolute atomic E-state index is 0. The van der Waals surface area contributed by atoms with Gasteiger partial charge in [-0.15, -0.1) is 0 Å². The fourth-order valence-electron chi connectivity index (χ4n) is 3.40. The van der Waals surface area contributed by atoms with E-state index in [1.54, 1.807) is 0 Å². The maximum atomic E-state index is 3.82. The molecule has 0 heterocycles. The van der Waals surface area contributed by atoms with Crippen molar-refractivity contribution >= 4 is 0 Å². The summed E-state index contributed by atoms with van der Waals surface area (Å²) in [4.78, 5) is 0. The Morgan fingerprint density at radius 1 is 0.312 bits per heavy atom. The Balaban J connectivity index is -0.000000110. The smallest absolute Gasteiger partial charge is 0.412 e. The molecule has 0 amide bonds. The van der Waals surface area contributed by atoms with E-state index in [-0.39, 0.29) is 27.2 Å². The van der Waals surface area contributed by atoms with Crippen LogP contribution in [-0.2, 0) is 21.7 Å². The summed E-state index contributed by atoms with van der Waals surface area (Å²) < 4.78 is 0. The molecule has 1 radical (unpaired) electrons. The number of hydrogen-bond donors (Lipinski definition) is 0. The zero-order valence-corrected chi connectivity index (χ0v) is 24.7. The minimum Gasteiger partial charge on any atom is -0.412 e. The molecule has 2 heteroatoms. The number of rotatable bonds is 21. The molecule has 0 saturated carbocycles. The van der Waals surface area contributed by atoms with Gasteiger partial charge in [-0.3, -0.25) is 0 Å². The first kappa shape index (κ1) is 42.8. The molecular weight excluding hydrogens is 424 g/mol. The van der Waals surface area contributed by atoms with Gasteiger partial charge in [0.2, 0.25) is 0 Å². The summed E-state index contributed by atoms with van der Waals surface area (Å²) in [6.07, 6.45) is 32.8. The Labute approximate surface area is 222 Å². The van der Waals surface area contributed by atoms with Crippen molar-refractivity contribution in [1.29, 1.82) is 0 Å². The quantitative estimate of drug-likeness (QED) is 0.0872. The zero-order chi connectivity index (χ0) is 23.0. The summed E-state index contributed by atoms with van der Waals surface area (Å²) in [7, 11) is 0. The summed E-state index contributed by atoms with van der Waals surface area (Å²) in [5.41, 5.74) is 0. The molecular formula is C30H65OTi. The van der Waals surface area contributed by atoms with Gasteiger partial charge in [0.1, 0.15) is 0 Å². The molecule has 0 fully saturated rings. The largest absolute Gasteiger partial charge is 3.00 e. The second-order valence-corrected chi connectivity index (χ2v) is 8.92. The molecule has 0 saturated heterocycles. The molecule has 0 unspecified atom stereocenters. The van der Waals surface area contributed by atoms with Crippen molar-refractivity contribution in [3.05, 3.63) is 20.8 Å². The third kappa shape index (κ3) is 57.5. The van der Waals surface area contributed by atoms with Crippen LogP contribution in [0.15, 0.2) is 0 Å². The monoisotopic (exact) mass is 489 g/mol. The van der Waals surface area contributed by atoms with Gasteiger partial charge in [-0.2, -0.15) is 19.3 Å². The second-order valence-electron chi connectivity index (χ2n) is 8.92. The SMILES string of the molecule is O.[CH2-]CCCCCCCCC.[CH2-]CCCCCCCCC.[CH2-]CCCCCCCCC.[Ti+3]. The van der Waals surface area contributed by atoms with Crippen LogP contribution in [0.5, 0.6) is 0 Å². The molecule has 32 heavy (non-hydrogen) atoms. The molecule has 0 rings (SSSR count). The predicted molar refractivity (Wildman–Crippen MR) is 148 cm³/mol. The Hall–Kier alpha value is 0.674. The van der Waals surface area contributed by atoms with E-state index in [9.17, 15) is 0 Å². The van der Waals surface area contributed by atoms with Gasteiger partial charge in [0.05, 0.1) is 0 Å². The maximum absolute atomic E-state index is 3.82. The van der Waals surface area contributed by atoms with Crippen molar-refractivity contribution in [2.45, 2.75) is 175 Å². The van der Waals surface area contributed by atoms with Gasteiger partial charge in [0, 0.05) is 0 Å². The fourth-order valence-corrected chi connectivity index (χ4v) is 3.40. The number of unbranched alkanes of at least 4 members (excludes halogenated alkanes) is 21. The topological polar surface area (TPSA) is 31.5 Å². The third-order valence-electron chi connectivity index (χ3n) is 5.56. The average Bonchev–Trinajstić information content (AvgIpc) is 2.77. The van der Waals surface area contributed by atoms with E-state index in [1.165, 1.54) is 135 Å². The number of hydrogen-bond acceptors (Lipinski definition) is 0. The minimum atomic E-state index is 0. The van der Waals surface area contributed by atoms with E-state index in [2.05, 4.69) is 41.5 Å². The molecule has 1 nitrogen and oxygen atoms in total. The van der Waals surface area contributed by atoms with E-state index >= 15 is 0 Å². The first-order chi connectivity index (χ1) is 14.7. The van der Waals surface area contributed by atoms with Crippen LogP contribution >= 0.6 is 0 Å². The van der Waals surface area contributed by atoms with Crippen LogP contribution in [0.3, 0.4) is 0 Å². The molecule has 0 atom stereocenters. The van der Waals surface area contributed by atoms with Crippen LogP contribution in [0.4, 0.5) is 0 Å². The Kier molecular flexibility index (Phi) is 65.5. The normalized spacial score (nSPS) is 9.56. The van der Waals surface area contributed by atoms with Crippen LogP contribution in [0.2, 0.25) is 0 Å². The van der Waals surface area contributed by atoms with Crippen molar-refractivity contribution in [1.82, 2.24) is 0 Å². The Morgan fingerprint density at radius 3 is 0.625 bits per heavy atom. The first-order valence-corrected chi connectivity index (χ1v) is 14.1. The van der Waals surface area contributed by atoms with Gasteiger partial charge in [-0.1, -0.05) is 156 Å². The van der Waals surface area contributed by atoms with Gasteiger partial charge >= 0.3 is 21.7 Å². The van der Waals surface area contributed by atoms with Crippen molar-refractivity contribution in [3.63, 3.8) is 0 Å². The van der Waals surface area contributed by atoms with Crippen molar-refractivity contribution < 1.29 is 27.2 Å². The van der Waals surface area contributed by atoms with E-state index in [1.807, 2.05) is 0 Å². The summed E-state index contributed by atoms with van der Waals surface area (Å²) in [5.74, 6) is 0. The standard InChI is InChI=1S/3C10H21.H2O.Ti/c3*1-3-5-7-9-10-8-6-4-2;;/h3*1,3-10H2,2H3;1H2;/q3*-1;;+3. The van der Waals surface area contributed by atoms with Gasteiger partial charge in [-0.05, 0) is 0 Å².